The van der Waals surface area contributed by atoms with E-state index in [1.807, 2.05) is 0 Å². The Morgan fingerprint density at radius 3 is 2.54 bits per heavy atom. The Morgan fingerprint density at radius 1 is 1.09 bits per heavy atom. The number of aliphatic hydroxyl groups is 1. The van der Waals surface area contributed by atoms with Gasteiger partial charge in [-0.1, -0.05) is 27.7 Å². The van der Waals surface area contributed by atoms with Crippen LogP contribution in [0.5, 0.6) is 0 Å². The highest BCUT2D eigenvalue weighted by Gasteiger charge is 2.72. The van der Waals surface area contributed by atoms with Crippen LogP contribution in [0.3, 0.4) is 0 Å². The zero-order valence-electron chi connectivity index (χ0n) is 22.1. The van der Waals surface area contributed by atoms with Crippen molar-refractivity contribution in [2.75, 3.05) is 6.61 Å². The fourth-order valence-corrected chi connectivity index (χ4v) is 10.3. The SMILES string of the molecule is CC(=O)O[C@H]1CC[C@@]2(C)[C@H](CC[C@@H]3[C@@H]2CC(=O)[C@]2(C)[C@@H]4[C@H](C[C@@H]32)O[C@](O)([C@H]2C[C@@H](C)CO2)[C@H]4C)C1. The molecule has 6 aliphatic rings. The van der Waals surface area contributed by atoms with Gasteiger partial charge >= 0.3 is 5.97 Å². The van der Waals surface area contributed by atoms with Crippen LogP contribution in [0.25, 0.3) is 0 Å². The standard InChI is InChI=1S/C29H44O6/c1-15-10-25(33-14-15)29(32)16(2)26-23(35-29)12-22-20-7-6-18-11-19(34-17(3)30)8-9-27(18,4)21(20)13-24(31)28(22,26)5/h15-16,18-23,25-26,32H,6-14H2,1-5H3/t15-,16+,18-,19+,20-,21+,22+,23+,25-,26+,27+,28-,29+/m1/s1. The number of ether oxygens (including phenoxy) is 3. The van der Waals surface area contributed by atoms with Crippen molar-refractivity contribution in [3.63, 3.8) is 0 Å². The minimum atomic E-state index is -1.29. The van der Waals surface area contributed by atoms with Crippen molar-refractivity contribution in [3.05, 3.63) is 0 Å². The van der Waals surface area contributed by atoms with Gasteiger partial charge in [0.15, 0.2) is 5.79 Å². The van der Waals surface area contributed by atoms with Crippen molar-refractivity contribution in [3.8, 4) is 0 Å². The maximum atomic E-state index is 14.1. The first kappa shape index (κ1) is 24.4. The number of hydrogen-bond donors (Lipinski definition) is 1. The van der Waals surface area contributed by atoms with Gasteiger partial charge in [0.25, 0.3) is 0 Å². The Labute approximate surface area is 209 Å². The molecule has 4 aliphatic carbocycles. The van der Waals surface area contributed by atoms with E-state index in [4.69, 9.17) is 14.2 Å². The first-order valence-corrected chi connectivity index (χ1v) is 14.2. The Kier molecular flexibility index (Phi) is 5.57. The lowest BCUT2D eigenvalue weighted by atomic mass is 9.44. The molecule has 0 bridgehead atoms. The molecule has 35 heavy (non-hydrogen) atoms. The van der Waals surface area contributed by atoms with E-state index in [2.05, 4.69) is 27.7 Å². The summed E-state index contributed by atoms with van der Waals surface area (Å²) >= 11 is 0. The molecule has 2 heterocycles. The maximum Gasteiger partial charge on any atom is 0.302 e. The largest absolute Gasteiger partial charge is 0.463 e. The summed E-state index contributed by atoms with van der Waals surface area (Å²) in [5.41, 5.74) is -0.298. The molecule has 6 rings (SSSR count). The summed E-state index contributed by atoms with van der Waals surface area (Å²) in [5.74, 6) is 1.04. The van der Waals surface area contributed by atoms with E-state index in [1.165, 1.54) is 6.92 Å². The molecule has 4 saturated carbocycles. The Hall–Kier alpha value is -0.980. The monoisotopic (exact) mass is 488 g/mol. The Morgan fingerprint density at radius 2 is 1.86 bits per heavy atom. The molecular weight excluding hydrogens is 444 g/mol. The average Bonchev–Trinajstić information content (AvgIpc) is 3.43. The molecule has 0 radical (unpaired) electrons. The van der Waals surface area contributed by atoms with E-state index in [1.54, 1.807) is 0 Å². The second-order valence-electron chi connectivity index (χ2n) is 13.7. The Bertz CT molecular complexity index is 904. The summed E-state index contributed by atoms with van der Waals surface area (Å²) < 4.78 is 18.1. The molecule has 6 fully saturated rings. The van der Waals surface area contributed by atoms with Crippen LogP contribution in [0.4, 0.5) is 0 Å². The quantitative estimate of drug-likeness (QED) is 0.576. The number of Topliss-reactive ketones (excluding diaryl/α,β-unsaturated/α-hetero) is 1. The van der Waals surface area contributed by atoms with Crippen LogP contribution in [0.1, 0.15) is 86.0 Å². The lowest BCUT2D eigenvalue weighted by Gasteiger charge is -2.60. The Balaban J connectivity index is 1.25. The second kappa shape index (κ2) is 8.01. The smallest absolute Gasteiger partial charge is 0.302 e. The molecule has 0 aromatic carbocycles. The van der Waals surface area contributed by atoms with Crippen molar-refractivity contribution >= 4 is 11.8 Å². The topological polar surface area (TPSA) is 82.1 Å². The van der Waals surface area contributed by atoms with E-state index in [0.29, 0.717) is 48.4 Å². The second-order valence-corrected chi connectivity index (χ2v) is 13.7. The van der Waals surface area contributed by atoms with Crippen molar-refractivity contribution in [1.82, 2.24) is 0 Å². The number of carbonyl (C=O) groups excluding carboxylic acids is 2. The molecule has 0 aromatic rings. The molecule has 0 amide bonds. The van der Waals surface area contributed by atoms with Crippen molar-refractivity contribution in [1.29, 1.82) is 0 Å². The van der Waals surface area contributed by atoms with Gasteiger partial charge in [0.05, 0.1) is 6.10 Å². The van der Waals surface area contributed by atoms with Gasteiger partial charge in [-0.15, -0.1) is 0 Å². The van der Waals surface area contributed by atoms with Crippen LogP contribution >= 0.6 is 0 Å². The zero-order valence-corrected chi connectivity index (χ0v) is 22.1. The molecule has 13 atom stereocenters. The van der Waals surface area contributed by atoms with Gasteiger partial charge in [-0.3, -0.25) is 9.59 Å². The molecule has 6 heteroatoms. The minimum Gasteiger partial charge on any atom is -0.463 e. The summed E-state index contributed by atoms with van der Waals surface area (Å²) in [6, 6.07) is 0. The maximum absolute atomic E-state index is 14.1. The van der Waals surface area contributed by atoms with Gasteiger partial charge in [0.2, 0.25) is 0 Å². The van der Waals surface area contributed by atoms with E-state index >= 15 is 0 Å². The lowest BCUT2D eigenvalue weighted by Crippen LogP contribution is -2.58. The third-order valence-corrected chi connectivity index (χ3v) is 12.1. The van der Waals surface area contributed by atoms with Gasteiger partial charge < -0.3 is 19.3 Å². The van der Waals surface area contributed by atoms with Crippen LogP contribution in [0, 0.1) is 52.3 Å². The van der Waals surface area contributed by atoms with E-state index in [-0.39, 0.29) is 41.5 Å². The van der Waals surface area contributed by atoms with Crippen LogP contribution in [0.15, 0.2) is 0 Å². The molecule has 2 aliphatic heterocycles. The van der Waals surface area contributed by atoms with Gasteiger partial charge in [0.1, 0.15) is 18.0 Å². The highest BCUT2D eigenvalue weighted by atomic mass is 16.7. The summed E-state index contributed by atoms with van der Waals surface area (Å²) in [4.78, 5) is 25.7. The summed E-state index contributed by atoms with van der Waals surface area (Å²) in [5, 5.41) is 11.7. The summed E-state index contributed by atoms with van der Waals surface area (Å²) in [6.45, 7) is 11.0. The third kappa shape index (κ3) is 3.31. The predicted octanol–water partition coefficient (Wildman–Crippen LogP) is 4.51. The molecule has 196 valence electrons. The molecule has 6 nitrogen and oxygen atoms in total. The minimum absolute atomic E-state index is 0.0324. The molecular formula is C29H44O6. The number of esters is 1. The fourth-order valence-electron chi connectivity index (χ4n) is 10.3. The normalized spacial score (nSPS) is 57.3. The van der Waals surface area contributed by atoms with E-state index in [0.717, 1.165) is 44.9 Å². The summed E-state index contributed by atoms with van der Waals surface area (Å²) in [6.07, 6.45) is 7.17. The molecule has 2 saturated heterocycles. The van der Waals surface area contributed by atoms with Gasteiger partial charge in [0, 0.05) is 37.2 Å². The lowest BCUT2D eigenvalue weighted by molar-refractivity contribution is -0.266. The number of rotatable bonds is 2. The molecule has 1 N–H and O–H groups in total. The fraction of sp³-hybridized carbons (Fsp3) is 0.931. The average molecular weight is 489 g/mol. The van der Waals surface area contributed by atoms with Crippen molar-refractivity contribution < 1.29 is 28.9 Å². The van der Waals surface area contributed by atoms with Crippen molar-refractivity contribution in [2.45, 2.75) is 110 Å². The highest BCUT2D eigenvalue weighted by molar-refractivity contribution is 5.87. The van der Waals surface area contributed by atoms with Crippen molar-refractivity contribution in [2.24, 2.45) is 52.3 Å². The first-order chi connectivity index (χ1) is 16.5. The van der Waals surface area contributed by atoms with Gasteiger partial charge in [-0.05, 0) is 80.0 Å². The van der Waals surface area contributed by atoms with Gasteiger partial charge in [-0.25, -0.2) is 0 Å². The third-order valence-electron chi connectivity index (χ3n) is 12.1. The summed E-state index contributed by atoms with van der Waals surface area (Å²) in [7, 11) is 0. The number of hydrogen-bond acceptors (Lipinski definition) is 6. The van der Waals surface area contributed by atoms with Crippen LogP contribution in [-0.4, -0.2) is 47.6 Å². The van der Waals surface area contributed by atoms with Crippen LogP contribution in [-0.2, 0) is 23.8 Å². The number of ketones is 1. The molecule has 0 aromatic heterocycles. The van der Waals surface area contributed by atoms with Gasteiger partial charge in [-0.2, -0.15) is 0 Å². The molecule has 0 unspecified atom stereocenters. The van der Waals surface area contributed by atoms with E-state index in [9.17, 15) is 14.7 Å². The highest BCUT2D eigenvalue weighted by Crippen LogP contribution is 2.70. The number of fused-ring (bicyclic) bond motifs is 7. The van der Waals surface area contributed by atoms with E-state index < -0.39 is 11.2 Å². The zero-order chi connectivity index (χ0) is 24.9. The number of carbonyl (C=O) groups is 2. The van der Waals surface area contributed by atoms with Crippen LogP contribution in [0.2, 0.25) is 0 Å². The molecule has 0 spiro atoms. The first-order valence-electron chi connectivity index (χ1n) is 14.2. The predicted molar refractivity (Wildman–Crippen MR) is 129 cm³/mol. The van der Waals surface area contributed by atoms with Crippen LogP contribution < -0.4 is 0 Å².